The SMILES string of the molecule is CC(=O)NC[C@H]1CN(c2ccc([C@]34CNC[C@H]3COC4)c(F)c2)C(=O)O1. The van der Waals surface area contributed by atoms with E-state index in [2.05, 4.69) is 10.6 Å². The number of hydrogen-bond donors (Lipinski definition) is 2. The van der Waals surface area contributed by atoms with Crippen molar-refractivity contribution in [2.45, 2.75) is 18.4 Å². The summed E-state index contributed by atoms with van der Waals surface area (Å²) in [4.78, 5) is 24.5. The van der Waals surface area contributed by atoms with Crippen molar-refractivity contribution in [3.05, 3.63) is 29.6 Å². The number of fused-ring (bicyclic) bond motifs is 1. The second-order valence-electron chi connectivity index (χ2n) is 7.22. The molecule has 4 rings (SSSR count). The molecular formula is C18H22FN3O4. The molecule has 3 heterocycles. The Labute approximate surface area is 150 Å². The monoisotopic (exact) mass is 363 g/mol. The molecule has 3 aliphatic rings. The summed E-state index contributed by atoms with van der Waals surface area (Å²) in [7, 11) is 0. The highest BCUT2D eigenvalue weighted by molar-refractivity contribution is 5.89. The minimum Gasteiger partial charge on any atom is -0.442 e. The predicted octanol–water partition coefficient (Wildman–Crippen LogP) is 0.774. The van der Waals surface area contributed by atoms with Gasteiger partial charge in [0.25, 0.3) is 0 Å². The Morgan fingerprint density at radius 1 is 1.50 bits per heavy atom. The van der Waals surface area contributed by atoms with Crippen molar-refractivity contribution < 1.29 is 23.5 Å². The molecule has 0 unspecified atom stereocenters. The highest BCUT2D eigenvalue weighted by atomic mass is 19.1. The molecule has 140 valence electrons. The van der Waals surface area contributed by atoms with Gasteiger partial charge in [-0.1, -0.05) is 6.07 Å². The number of hydrogen-bond acceptors (Lipinski definition) is 5. The molecule has 0 aromatic heterocycles. The van der Waals surface area contributed by atoms with Crippen LogP contribution in [-0.4, -0.2) is 57.5 Å². The Bertz CT molecular complexity index is 731. The molecule has 1 aromatic carbocycles. The smallest absolute Gasteiger partial charge is 0.414 e. The molecule has 7 nitrogen and oxygen atoms in total. The summed E-state index contributed by atoms with van der Waals surface area (Å²) in [6.45, 7) is 4.58. The molecule has 3 atom stereocenters. The van der Waals surface area contributed by atoms with E-state index in [9.17, 15) is 14.0 Å². The quantitative estimate of drug-likeness (QED) is 0.826. The second-order valence-corrected chi connectivity index (χ2v) is 7.22. The van der Waals surface area contributed by atoms with E-state index in [-0.39, 0.29) is 36.1 Å². The van der Waals surface area contributed by atoms with Crippen LogP contribution in [0.1, 0.15) is 12.5 Å². The summed E-state index contributed by atoms with van der Waals surface area (Å²) in [5, 5.41) is 5.96. The predicted molar refractivity (Wildman–Crippen MR) is 91.6 cm³/mol. The fourth-order valence-electron chi connectivity index (χ4n) is 4.14. The average Bonchev–Trinajstić information content (AvgIpc) is 3.26. The minimum atomic E-state index is -0.532. The molecule has 0 radical (unpaired) electrons. The number of cyclic esters (lactones) is 1. The first-order valence-electron chi connectivity index (χ1n) is 8.81. The molecule has 2 amide bonds. The number of rotatable bonds is 4. The Hall–Kier alpha value is -2.19. The van der Waals surface area contributed by atoms with Crippen LogP contribution in [0, 0.1) is 11.7 Å². The first-order chi connectivity index (χ1) is 12.5. The van der Waals surface area contributed by atoms with E-state index in [1.807, 2.05) is 0 Å². The van der Waals surface area contributed by atoms with Crippen molar-refractivity contribution in [3.63, 3.8) is 0 Å². The lowest BCUT2D eigenvalue weighted by atomic mass is 9.74. The van der Waals surface area contributed by atoms with Crippen molar-refractivity contribution in [2.75, 3.05) is 44.3 Å². The molecule has 26 heavy (non-hydrogen) atoms. The Morgan fingerprint density at radius 2 is 2.35 bits per heavy atom. The maximum atomic E-state index is 14.9. The van der Waals surface area contributed by atoms with Crippen LogP contribution in [0.25, 0.3) is 0 Å². The van der Waals surface area contributed by atoms with Gasteiger partial charge in [-0.3, -0.25) is 9.69 Å². The molecule has 3 saturated heterocycles. The Balaban J connectivity index is 1.53. The van der Waals surface area contributed by atoms with Crippen LogP contribution in [-0.2, 0) is 19.7 Å². The fourth-order valence-corrected chi connectivity index (χ4v) is 4.14. The summed E-state index contributed by atoms with van der Waals surface area (Å²) in [6, 6.07) is 4.90. The van der Waals surface area contributed by atoms with Crippen molar-refractivity contribution >= 4 is 17.7 Å². The van der Waals surface area contributed by atoms with Gasteiger partial charge in [-0.15, -0.1) is 0 Å². The van der Waals surface area contributed by atoms with Crippen LogP contribution >= 0.6 is 0 Å². The van der Waals surface area contributed by atoms with Gasteiger partial charge in [0, 0.05) is 31.3 Å². The van der Waals surface area contributed by atoms with E-state index in [4.69, 9.17) is 9.47 Å². The van der Waals surface area contributed by atoms with Crippen LogP contribution in [0.5, 0.6) is 0 Å². The zero-order chi connectivity index (χ0) is 18.3. The molecule has 0 bridgehead atoms. The maximum Gasteiger partial charge on any atom is 0.414 e. The third-order valence-corrected chi connectivity index (χ3v) is 5.54. The fraction of sp³-hybridized carbons (Fsp3) is 0.556. The normalized spacial score (nSPS) is 30.4. The largest absolute Gasteiger partial charge is 0.442 e. The first-order valence-corrected chi connectivity index (χ1v) is 8.81. The summed E-state index contributed by atoms with van der Waals surface area (Å²) < 4.78 is 25.8. The highest BCUT2D eigenvalue weighted by Crippen LogP contribution is 2.42. The van der Waals surface area contributed by atoms with Crippen LogP contribution in [0.15, 0.2) is 18.2 Å². The van der Waals surface area contributed by atoms with E-state index < -0.39 is 12.2 Å². The number of halogens is 1. The van der Waals surface area contributed by atoms with Crippen molar-refractivity contribution in [1.82, 2.24) is 10.6 Å². The third kappa shape index (κ3) is 2.83. The van der Waals surface area contributed by atoms with Gasteiger partial charge in [-0.2, -0.15) is 0 Å². The topological polar surface area (TPSA) is 79.9 Å². The van der Waals surface area contributed by atoms with E-state index >= 15 is 0 Å². The first kappa shape index (κ1) is 17.2. The summed E-state index contributed by atoms with van der Waals surface area (Å²) in [5.74, 6) is -0.255. The number of nitrogens with one attached hydrogen (secondary N) is 2. The average molecular weight is 363 g/mol. The Kier molecular flexibility index (Phi) is 4.32. The van der Waals surface area contributed by atoms with Gasteiger partial charge in [0.15, 0.2) is 0 Å². The lowest BCUT2D eigenvalue weighted by Gasteiger charge is -2.28. The second kappa shape index (κ2) is 6.51. The van der Waals surface area contributed by atoms with E-state index in [0.717, 1.165) is 6.54 Å². The van der Waals surface area contributed by atoms with E-state index in [1.54, 1.807) is 12.1 Å². The number of benzene rings is 1. The van der Waals surface area contributed by atoms with Gasteiger partial charge in [0.1, 0.15) is 11.9 Å². The van der Waals surface area contributed by atoms with Crippen LogP contribution in [0.4, 0.5) is 14.9 Å². The molecule has 2 N–H and O–H groups in total. The van der Waals surface area contributed by atoms with Crippen LogP contribution < -0.4 is 15.5 Å². The van der Waals surface area contributed by atoms with Crippen LogP contribution in [0.3, 0.4) is 0 Å². The molecule has 1 aromatic rings. The van der Waals surface area contributed by atoms with Gasteiger partial charge in [-0.05, 0) is 17.7 Å². The van der Waals surface area contributed by atoms with Gasteiger partial charge in [0.2, 0.25) is 5.91 Å². The molecule has 3 fully saturated rings. The minimum absolute atomic E-state index is 0.187. The maximum absolute atomic E-state index is 14.9. The number of carbonyl (C=O) groups excluding carboxylic acids is 2. The Morgan fingerprint density at radius 3 is 3.12 bits per heavy atom. The summed E-state index contributed by atoms with van der Waals surface area (Å²) >= 11 is 0. The van der Waals surface area contributed by atoms with Gasteiger partial charge < -0.3 is 20.1 Å². The summed E-state index contributed by atoms with van der Waals surface area (Å²) in [5.41, 5.74) is 0.762. The van der Waals surface area contributed by atoms with Gasteiger partial charge in [-0.25, -0.2) is 9.18 Å². The number of nitrogens with zero attached hydrogens (tertiary/aromatic N) is 1. The molecule has 0 aliphatic carbocycles. The van der Waals surface area contributed by atoms with Gasteiger partial charge in [0.05, 0.1) is 32.0 Å². The molecule has 0 spiro atoms. The number of ether oxygens (including phenoxy) is 2. The lowest BCUT2D eigenvalue weighted by Crippen LogP contribution is -2.36. The summed E-state index contributed by atoms with van der Waals surface area (Å²) in [6.07, 6.45) is -0.977. The number of amides is 2. The van der Waals surface area contributed by atoms with Crippen molar-refractivity contribution in [2.24, 2.45) is 5.92 Å². The molecular weight excluding hydrogens is 341 g/mol. The molecule has 0 saturated carbocycles. The number of carbonyl (C=O) groups is 2. The standard InChI is InChI=1S/C18H22FN3O4/c1-11(23)21-6-14-7-22(17(24)26-14)13-2-3-15(16(19)4-13)18-9-20-5-12(18)8-25-10-18/h2-4,12,14,20H,5-10H2,1H3,(H,21,23)/t12-,14-,18-/m0/s1. The molecule has 3 aliphatic heterocycles. The highest BCUT2D eigenvalue weighted by Gasteiger charge is 2.50. The van der Waals surface area contributed by atoms with E-state index in [0.29, 0.717) is 31.0 Å². The lowest BCUT2D eigenvalue weighted by molar-refractivity contribution is -0.119. The zero-order valence-corrected chi connectivity index (χ0v) is 14.6. The third-order valence-electron chi connectivity index (χ3n) is 5.54. The zero-order valence-electron chi connectivity index (χ0n) is 14.6. The van der Waals surface area contributed by atoms with Crippen molar-refractivity contribution in [1.29, 1.82) is 0 Å². The molecule has 8 heteroatoms. The number of anilines is 1. The van der Waals surface area contributed by atoms with E-state index in [1.165, 1.54) is 17.9 Å². The van der Waals surface area contributed by atoms with Crippen LogP contribution in [0.2, 0.25) is 0 Å². The van der Waals surface area contributed by atoms with Gasteiger partial charge >= 0.3 is 6.09 Å². The van der Waals surface area contributed by atoms with Crippen molar-refractivity contribution in [3.8, 4) is 0 Å².